The molecule has 11 heteroatoms. The molecule has 0 heterocycles. The fraction of sp³-hybridized carbons (Fsp3) is 0.462. The van der Waals surface area contributed by atoms with Crippen molar-refractivity contribution in [2.75, 3.05) is 17.1 Å². The van der Waals surface area contributed by atoms with Gasteiger partial charge in [0.25, 0.3) is 0 Å². The number of hydrogen-bond donors (Lipinski definition) is 1. The van der Waals surface area contributed by atoms with Crippen molar-refractivity contribution in [3.8, 4) is 0 Å². The van der Waals surface area contributed by atoms with Gasteiger partial charge in [0, 0.05) is 17.6 Å². The lowest BCUT2D eigenvalue weighted by Crippen LogP contribution is -2.53. The summed E-state index contributed by atoms with van der Waals surface area (Å²) in [5.74, 6) is -0.827. The molecule has 1 aliphatic rings. The van der Waals surface area contributed by atoms with E-state index in [1.807, 2.05) is 0 Å². The van der Waals surface area contributed by atoms with Gasteiger partial charge in [-0.3, -0.25) is 13.9 Å². The maximum atomic E-state index is 13.7. The topological polar surface area (TPSA) is 86.8 Å². The molecule has 0 radical (unpaired) electrons. The van der Waals surface area contributed by atoms with Crippen LogP contribution in [0.15, 0.2) is 36.4 Å². The van der Waals surface area contributed by atoms with E-state index in [0.717, 1.165) is 42.7 Å². The van der Waals surface area contributed by atoms with E-state index in [4.69, 9.17) is 34.8 Å². The van der Waals surface area contributed by atoms with Gasteiger partial charge < -0.3 is 10.2 Å². The van der Waals surface area contributed by atoms with Crippen molar-refractivity contribution < 1.29 is 18.0 Å². The summed E-state index contributed by atoms with van der Waals surface area (Å²) in [6, 6.07) is 9.04. The van der Waals surface area contributed by atoms with Crippen LogP contribution >= 0.6 is 34.8 Å². The summed E-state index contributed by atoms with van der Waals surface area (Å²) in [7, 11) is -3.85. The second-order valence-corrected chi connectivity index (χ2v) is 12.6. The summed E-state index contributed by atoms with van der Waals surface area (Å²) in [4.78, 5) is 28.3. The molecule has 2 amide bonds. The summed E-state index contributed by atoms with van der Waals surface area (Å²) in [5.41, 5.74) is 1.49. The molecule has 1 atom stereocenters. The van der Waals surface area contributed by atoms with Crippen LogP contribution in [0.2, 0.25) is 15.1 Å². The van der Waals surface area contributed by atoms with Crippen molar-refractivity contribution in [1.29, 1.82) is 0 Å². The minimum atomic E-state index is -3.85. The van der Waals surface area contributed by atoms with E-state index >= 15 is 0 Å². The largest absolute Gasteiger partial charge is 0.352 e. The SMILES string of the molecule is Cc1c(Cl)cccc1N(CC(=O)N(Cc1ccc(Cl)c(Cl)c1)C(C)C(=O)NC1CCCCC1)S(C)(=O)=O. The minimum Gasteiger partial charge on any atom is -0.352 e. The molecule has 2 aromatic carbocycles. The average molecular weight is 589 g/mol. The van der Waals surface area contributed by atoms with Crippen molar-refractivity contribution in [2.45, 2.75) is 64.6 Å². The van der Waals surface area contributed by atoms with Gasteiger partial charge in [0.15, 0.2) is 0 Å². The van der Waals surface area contributed by atoms with Gasteiger partial charge in [0.05, 0.1) is 22.0 Å². The van der Waals surface area contributed by atoms with Crippen LogP contribution in [0.3, 0.4) is 0 Å². The number of carbonyl (C=O) groups excluding carboxylic acids is 2. The predicted octanol–water partition coefficient (Wildman–Crippen LogP) is 5.59. The molecule has 0 aliphatic heterocycles. The Kier molecular flexibility index (Phi) is 10.1. The average Bonchev–Trinajstić information content (AvgIpc) is 2.84. The van der Waals surface area contributed by atoms with Crippen LogP contribution in [-0.2, 0) is 26.2 Å². The summed E-state index contributed by atoms with van der Waals surface area (Å²) >= 11 is 18.5. The molecular formula is C26H32Cl3N3O4S. The van der Waals surface area contributed by atoms with Crippen LogP contribution < -0.4 is 9.62 Å². The first-order chi connectivity index (χ1) is 17.4. The molecule has 37 heavy (non-hydrogen) atoms. The third-order valence-corrected chi connectivity index (χ3v) is 8.92. The van der Waals surface area contributed by atoms with Gasteiger partial charge in [-0.25, -0.2) is 8.42 Å². The number of rotatable bonds is 9. The first-order valence-electron chi connectivity index (χ1n) is 12.1. The number of anilines is 1. The highest BCUT2D eigenvalue weighted by molar-refractivity contribution is 7.92. The molecule has 7 nitrogen and oxygen atoms in total. The van der Waals surface area contributed by atoms with Crippen LogP contribution in [-0.4, -0.2) is 50.0 Å². The normalized spacial score (nSPS) is 15.2. The number of amides is 2. The Balaban J connectivity index is 1.92. The predicted molar refractivity (Wildman–Crippen MR) is 150 cm³/mol. The van der Waals surface area contributed by atoms with E-state index < -0.39 is 28.5 Å². The molecule has 1 N–H and O–H groups in total. The Bertz CT molecular complexity index is 1250. The standard InChI is InChI=1S/C26H32Cl3N3O4S/c1-17-21(27)10-7-11-24(17)32(37(3,35)36)16-25(33)31(15-19-12-13-22(28)23(29)14-19)18(2)26(34)30-20-8-5-4-6-9-20/h7,10-14,18,20H,4-6,8-9,15-16H2,1-3H3,(H,30,34). The van der Waals surface area contributed by atoms with Crippen LogP contribution in [0.1, 0.15) is 50.2 Å². The first kappa shape index (κ1) is 29.6. The second kappa shape index (κ2) is 12.7. The number of nitrogens with zero attached hydrogens (tertiary/aromatic N) is 2. The molecule has 0 bridgehead atoms. The molecule has 1 saturated carbocycles. The number of benzene rings is 2. The van der Waals surface area contributed by atoms with Crippen molar-refractivity contribution >= 4 is 62.3 Å². The molecule has 0 aromatic heterocycles. The molecule has 1 unspecified atom stereocenters. The quantitative estimate of drug-likeness (QED) is 0.414. The number of halogens is 3. The Labute approximate surface area is 234 Å². The smallest absolute Gasteiger partial charge is 0.244 e. The van der Waals surface area contributed by atoms with E-state index in [2.05, 4.69) is 5.32 Å². The molecule has 1 aliphatic carbocycles. The van der Waals surface area contributed by atoms with Crippen molar-refractivity contribution in [2.24, 2.45) is 0 Å². The molecule has 0 saturated heterocycles. The van der Waals surface area contributed by atoms with Crippen LogP contribution in [0.5, 0.6) is 0 Å². The zero-order valence-corrected chi connectivity index (χ0v) is 24.2. The zero-order valence-electron chi connectivity index (χ0n) is 21.1. The Hall–Kier alpha value is -2.00. The molecule has 202 valence electrons. The Morgan fingerprint density at radius 3 is 2.32 bits per heavy atom. The monoisotopic (exact) mass is 587 g/mol. The third kappa shape index (κ3) is 7.76. The maximum Gasteiger partial charge on any atom is 0.244 e. The maximum absolute atomic E-state index is 13.7. The molecule has 0 spiro atoms. The zero-order chi connectivity index (χ0) is 27.3. The first-order valence-corrected chi connectivity index (χ1v) is 15.1. The number of hydrogen-bond acceptors (Lipinski definition) is 4. The van der Waals surface area contributed by atoms with E-state index in [0.29, 0.717) is 31.9 Å². The van der Waals surface area contributed by atoms with Gasteiger partial charge in [-0.2, -0.15) is 0 Å². The summed E-state index contributed by atoms with van der Waals surface area (Å²) in [5, 5.41) is 4.13. The van der Waals surface area contributed by atoms with E-state index in [9.17, 15) is 18.0 Å². The fourth-order valence-electron chi connectivity index (χ4n) is 4.45. The van der Waals surface area contributed by atoms with Gasteiger partial charge in [-0.05, 0) is 62.1 Å². The lowest BCUT2D eigenvalue weighted by atomic mass is 9.95. The lowest BCUT2D eigenvalue weighted by molar-refractivity contribution is -0.139. The van der Waals surface area contributed by atoms with E-state index in [1.165, 1.54) is 4.90 Å². The van der Waals surface area contributed by atoms with Crippen LogP contribution in [0.25, 0.3) is 0 Å². The number of sulfonamides is 1. The fourth-order valence-corrected chi connectivity index (χ4v) is 5.84. The Morgan fingerprint density at radius 1 is 1.03 bits per heavy atom. The summed E-state index contributed by atoms with van der Waals surface area (Å²) in [6.07, 6.45) is 6.07. The van der Waals surface area contributed by atoms with Gasteiger partial charge in [-0.15, -0.1) is 0 Å². The van der Waals surface area contributed by atoms with E-state index in [-0.39, 0.29) is 18.5 Å². The second-order valence-electron chi connectivity index (χ2n) is 9.44. The van der Waals surface area contributed by atoms with Crippen LogP contribution in [0.4, 0.5) is 5.69 Å². The lowest BCUT2D eigenvalue weighted by Gasteiger charge is -2.33. The molecule has 1 fully saturated rings. The summed E-state index contributed by atoms with van der Waals surface area (Å²) in [6.45, 7) is 2.88. The van der Waals surface area contributed by atoms with Crippen molar-refractivity contribution in [3.63, 3.8) is 0 Å². The van der Waals surface area contributed by atoms with Crippen molar-refractivity contribution in [3.05, 3.63) is 62.6 Å². The highest BCUT2D eigenvalue weighted by atomic mass is 35.5. The van der Waals surface area contributed by atoms with Gasteiger partial charge in [-0.1, -0.05) is 66.2 Å². The third-order valence-electron chi connectivity index (χ3n) is 6.64. The highest BCUT2D eigenvalue weighted by Gasteiger charge is 2.31. The van der Waals surface area contributed by atoms with Gasteiger partial charge in [0.1, 0.15) is 12.6 Å². The summed E-state index contributed by atoms with van der Waals surface area (Å²) < 4.78 is 26.5. The van der Waals surface area contributed by atoms with Crippen LogP contribution in [0, 0.1) is 6.92 Å². The minimum absolute atomic E-state index is 0.0428. The van der Waals surface area contributed by atoms with Crippen molar-refractivity contribution in [1.82, 2.24) is 10.2 Å². The Morgan fingerprint density at radius 2 is 1.70 bits per heavy atom. The highest BCUT2D eigenvalue weighted by Crippen LogP contribution is 2.29. The van der Waals surface area contributed by atoms with E-state index in [1.54, 1.807) is 50.2 Å². The number of carbonyl (C=O) groups is 2. The van der Waals surface area contributed by atoms with Gasteiger partial charge >= 0.3 is 0 Å². The van der Waals surface area contributed by atoms with Gasteiger partial charge in [0.2, 0.25) is 21.8 Å². The number of nitrogens with one attached hydrogen (secondary N) is 1. The molecular weight excluding hydrogens is 557 g/mol. The molecule has 3 rings (SSSR count). The molecule has 2 aromatic rings.